The van der Waals surface area contributed by atoms with E-state index in [4.69, 9.17) is 9.47 Å². The summed E-state index contributed by atoms with van der Waals surface area (Å²) in [5, 5.41) is 15.3. The van der Waals surface area contributed by atoms with E-state index in [0.717, 1.165) is 0 Å². The number of alkyl carbamates (subject to hydrolysis) is 1. The van der Waals surface area contributed by atoms with E-state index >= 15 is 0 Å². The van der Waals surface area contributed by atoms with E-state index in [1.807, 2.05) is 0 Å². The van der Waals surface area contributed by atoms with Gasteiger partial charge in [-0.05, 0) is 68.7 Å². The van der Waals surface area contributed by atoms with Gasteiger partial charge in [-0.15, -0.1) is 6.58 Å². The number of nitrogens with zero attached hydrogens (tertiary/aromatic N) is 1. The number of anilines is 1. The van der Waals surface area contributed by atoms with Crippen molar-refractivity contribution >= 4 is 23.6 Å². The normalized spacial score (nSPS) is 12.7. The van der Waals surface area contributed by atoms with Gasteiger partial charge in [0.25, 0.3) is 5.91 Å². The molecule has 2 aromatic rings. The highest BCUT2D eigenvalue weighted by Gasteiger charge is 2.37. The van der Waals surface area contributed by atoms with Crippen LogP contribution in [-0.2, 0) is 14.3 Å². The number of carbonyl (C=O) groups is 3. The molecule has 0 fully saturated rings. The first-order chi connectivity index (χ1) is 17.4. The van der Waals surface area contributed by atoms with Gasteiger partial charge in [-0.3, -0.25) is 9.59 Å². The first kappa shape index (κ1) is 29.2. The standard InChI is InChI=1S/C28H37N3O6/c1-8-17-31(26(34)23(18(2)3)30-27(35)37-28(4,5)6)24(19-9-13-21(32)14-10-19)25(33)29-20-11-15-22(36-7)16-12-20/h8-16,18,23-24,32H,1,17H2,2-7H3,(H,29,33)(H,30,35). The highest BCUT2D eigenvalue weighted by molar-refractivity contribution is 5.99. The number of nitrogens with one attached hydrogen (secondary N) is 2. The van der Waals surface area contributed by atoms with Crippen LogP contribution in [0.25, 0.3) is 0 Å². The van der Waals surface area contributed by atoms with Crippen LogP contribution in [0.5, 0.6) is 11.5 Å². The quantitative estimate of drug-likeness (QED) is 0.400. The van der Waals surface area contributed by atoms with Crippen molar-refractivity contribution in [3.8, 4) is 11.5 Å². The summed E-state index contributed by atoms with van der Waals surface area (Å²) in [4.78, 5) is 41.4. The van der Waals surface area contributed by atoms with Crippen LogP contribution in [0.4, 0.5) is 10.5 Å². The van der Waals surface area contributed by atoms with Crippen LogP contribution in [0.2, 0.25) is 0 Å². The zero-order valence-corrected chi connectivity index (χ0v) is 22.3. The molecule has 9 heteroatoms. The number of hydrogen-bond acceptors (Lipinski definition) is 6. The molecule has 0 bridgehead atoms. The first-order valence-electron chi connectivity index (χ1n) is 12.0. The molecule has 0 spiro atoms. The zero-order valence-electron chi connectivity index (χ0n) is 22.3. The van der Waals surface area contributed by atoms with Gasteiger partial charge in [0.05, 0.1) is 7.11 Å². The van der Waals surface area contributed by atoms with Crippen LogP contribution >= 0.6 is 0 Å². The molecule has 0 saturated carbocycles. The fourth-order valence-corrected chi connectivity index (χ4v) is 3.60. The van der Waals surface area contributed by atoms with Crippen molar-refractivity contribution in [2.45, 2.75) is 52.3 Å². The Balaban J connectivity index is 2.46. The summed E-state index contributed by atoms with van der Waals surface area (Å²) in [5.74, 6) is -0.622. The number of ether oxygens (including phenoxy) is 2. The van der Waals surface area contributed by atoms with Crippen molar-refractivity contribution in [3.63, 3.8) is 0 Å². The van der Waals surface area contributed by atoms with Crippen molar-refractivity contribution in [2.75, 3.05) is 19.0 Å². The van der Waals surface area contributed by atoms with Gasteiger partial charge in [-0.25, -0.2) is 4.79 Å². The zero-order chi connectivity index (χ0) is 27.8. The molecule has 0 radical (unpaired) electrons. The topological polar surface area (TPSA) is 117 Å². The molecular weight excluding hydrogens is 474 g/mol. The summed E-state index contributed by atoms with van der Waals surface area (Å²) in [6.45, 7) is 12.6. The Morgan fingerprint density at radius 1 is 1.05 bits per heavy atom. The molecule has 0 saturated heterocycles. The van der Waals surface area contributed by atoms with Gasteiger partial charge in [0.2, 0.25) is 5.91 Å². The average molecular weight is 512 g/mol. The highest BCUT2D eigenvalue weighted by atomic mass is 16.6. The largest absolute Gasteiger partial charge is 0.508 e. The van der Waals surface area contributed by atoms with Gasteiger partial charge in [-0.2, -0.15) is 0 Å². The van der Waals surface area contributed by atoms with Crippen molar-refractivity contribution in [3.05, 3.63) is 66.7 Å². The van der Waals surface area contributed by atoms with Crippen LogP contribution in [0.15, 0.2) is 61.2 Å². The van der Waals surface area contributed by atoms with Crippen LogP contribution in [0.3, 0.4) is 0 Å². The first-order valence-corrected chi connectivity index (χ1v) is 12.0. The number of rotatable bonds is 10. The molecule has 0 heterocycles. The Kier molecular flexibility index (Phi) is 10.1. The lowest BCUT2D eigenvalue weighted by atomic mass is 9.98. The second-order valence-electron chi connectivity index (χ2n) is 9.86. The maximum Gasteiger partial charge on any atom is 0.408 e. The minimum atomic E-state index is -1.09. The van der Waals surface area contributed by atoms with Crippen molar-refractivity contribution in [1.29, 1.82) is 0 Å². The smallest absolute Gasteiger partial charge is 0.408 e. The number of aromatic hydroxyl groups is 1. The third-order valence-corrected chi connectivity index (χ3v) is 5.34. The molecule has 37 heavy (non-hydrogen) atoms. The summed E-state index contributed by atoms with van der Waals surface area (Å²) in [7, 11) is 1.55. The van der Waals surface area contributed by atoms with E-state index in [9.17, 15) is 19.5 Å². The second-order valence-corrected chi connectivity index (χ2v) is 9.86. The Labute approximate surface area is 218 Å². The van der Waals surface area contributed by atoms with Crippen LogP contribution in [0, 0.1) is 5.92 Å². The molecule has 2 unspecified atom stereocenters. The van der Waals surface area contributed by atoms with E-state index in [1.54, 1.807) is 78.1 Å². The summed E-state index contributed by atoms with van der Waals surface area (Å²) >= 11 is 0. The second kappa shape index (κ2) is 12.8. The van der Waals surface area contributed by atoms with Gasteiger partial charge in [0, 0.05) is 12.2 Å². The third kappa shape index (κ3) is 8.56. The molecule has 0 aliphatic rings. The Morgan fingerprint density at radius 2 is 1.65 bits per heavy atom. The SMILES string of the molecule is C=CCN(C(=O)C(NC(=O)OC(C)(C)C)C(C)C)C(C(=O)Nc1ccc(OC)cc1)c1ccc(O)cc1. The van der Waals surface area contributed by atoms with Crippen LogP contribution in [0.1, 0.15) is 46.2 Å². The number of hydrogen-bond donors (Lipinski definition) is 3. The summed E-state index contributed by atoms with van der Waals surface area (Å²) < 4.78 is 10.5. The van der Waals surface area contributed by atoms with Gasteiger partial charge in [0.1, 0.15) is 29.2 Å². The Hall–Kier alpha value is -4.01. The van der Waals surface area contributed by atoms with Gasteiger partial charge < -0.3 is 30.1 Å². The van der Waals surface area contributed by atoms with Crippen molar-refractivity contribution in [2.24, 2.45) is 5.92 Å². The molecule has 0 aliphatic heterocycles. The predicted molar refractivity (Wildman–Crippen MR) is 142 cm³/mol. The number of methoxy groups -OCH3 is 1. The molecule has 2 rings (SSSR count). The molecule has 3 N–H and O–H groups in total. The van der Waals surface area contributed by atoms with E-state index in [2.05, 4.69) is 17.2 Å². The van der Waals surface area contributed by atoms with Gasteiger partial charge in [-0.1, -0.05) is 32.1 Å². The lowest BCUT2D eigenvalue weighted by molar-refractivity contribution is -0.141. The summed E-state index contributed by atoms with van der Waals surface area (Å²) in [5.41, 5.74) is 0.231. The van der Waals surface area contributed by atoms with Gasteiger partial charge in [0.15, 0.2) is 0 Å². The average Bonchev–Trinajstić information content (AvgIpc) is 2.82. The predicted octanol–water partition coefficient (Wildman–Crippen LogP) is 4.64. The minimum Gasteiger partial charge on any atom is -0.508 e. The van der Waals surface area contributed by atoms with Crippen LogP contribution in [-0.4, -0.2) is 53.2 Å². The Bertz CT molecular complexity index is 1070. The van der Waals surface area contributed by atoms with Crippen molar-refractivity contribution in [1.82, 2.24) is 10.2 Å². The van der Waals surface area contributed by atoms with Gasteiger partial charge >= 0.3 is 6.09 Å². The molecule has 200 valence electrons. The fraction of sp³-hybridized carbons (Fsp3) is 0.393. The molecule has 0 aromatic heterocycles. The van der Waals surface area contributed by atoms with E-state index in [-0.39, 0.29) is 18.2 Å². The molecule has 0 aliphatic carbocycles. The fourth-order valence-electron chi connectivity index (χ4n) is 3.60. The number of phenolic OH excluding ortho intramolecular Hbond substituents is 1. The number of phenols is 1. The molecule has 2 atom stereocenters. The minimum absolute atomic E-state index is 0.0197. The number of benzene rings is 2. The summed E-state index contributed by atoms with van der Waals surface area (Å²) in [6.07, 6.45) is 0.776. The lowest BCUT2D eigenvalue weighted by Gasteiger charge is -2.35. The van der Waals surface area contributed by atoms with E-state index in [1.165, 1.54) is 23.1 Å². The lowest BCUT2D eigenvalue weighted by Crippen LogP contribution is -2.54. The molecular formula is C28H37N3O6. The van der Waals surface area contributed by atoms with Crippen LogP contribution < -0.4 is 15.4 Å². The molecule has 9 nitrogen and oxygen atoms in total. The number of carbonyl (C=O) groups excluding carboxylic acids is 3. The highest BCUT2D eigenvalue weighted by Crippen LogP contribution is 2.27. The monoisotopic (exact) mass is 511 g/mol. The van der Waals surface area contributed by atoms with E-state index < -0.39 is 35.6 Å². The third-order valence-electron chi connectivity index (χ3n) is 5.34. The van der Waals surface area contributed by atoms with Crippen molar-refractivity contribution < 1.29 is 29.0 Å². The molecule has 2 aromatic carbocycles. The summed E-state index contributed by atoms with van der Waals surface area (Å²) in [6, 6.07) is 10.8. The maximum atomic E-state index is 13.9. The van der Waals surface area contributed by atoms with E-state index in [0.29, 0.717) is 17.0 Å². The Morgan fingerprint density at radius 3 is 2.14 bits per heavy atom. The number of amides is 3. The molecule has 3 amide bonds. The maximum absolute atomic E-state index is 13.9.